The largest absolute Gasteiger partial charge is 0.478 e. The van der Waals surface area contributed by atoms with Crippen LogP contribution < -0.4 is 11.5 Å². The average molecular weight is 442 g/mol. The van der Waals surface area contributed by atoms with E-state index in [2.05, 4.69) is 34.1 Å². The molecule has 0 spiro atoms. The van der Waals surface area contributed by atoms with Crippen LogP contribution >= 0.6 is 0 Å². The molecule has 178 valence electrons. The number of aliphatic carboxylic acids is 2. The number of carboxylic acids is 2. The number of carboxylic acid groups (broad SMARTS) is 2. The average Bonchev–Trinajstić information content (AvgIpc) is 2.62. The van der Waals surface area contributed by atoms with Gasteiger partial charge in [-0.2, -0.15) is 0 Å². The van der Waals surface area contributed by atoms with Gasteiger partial charge in [0, 0.05) is 11.1 Å². The van der Waals surface area contributed by atoms with Crippen LogP contribution in [0.1, 0.15) is 27.7 Å². The van der Waals surface area contributed by atoms with E-state index in [0.717, 1.165) is 0 Å². The van der Waals surface area contributed by atoms with Gasteiger partial charge in [-0.15, -0.1) is 0 Å². The molecule has 0 aliphatic carbocycles. The second-order valence-corrected chi connectivity index (χ2v) is 4.69. The molecule has 0 rings (SSSR count). The van der Waals surface area contributed by atoms with Crippen LogP contribution in [0.3, 0.4) is 0 Å². The van der Waals surface area contributed by atoms with E-state index in [1.54, 1.807) is 13.8 Å². The Morgan fingerprint density at radius 2 is 1.00 bits per heavy atom. The minimum absolute atomic E-state index is 0.176. The highest BCUT2D eigenvalue weighted by atomic mass is 16.5. The van der Waals surface area contributed by atoms with Gasteiger partial charge in [-0.25, -0.2) is 19.2 Å². The molecule has 13 nitrogen and oxygen atoms in total. The van der Waals surface area contributed by atoms with Crippen molar-refractivity contribution in [3.63, 3.8) is 0 Å². The zero-order valence-corrected chi connectivity index (χ0v) is 17.7. The quantitative estimate of drug-likeness (QED) is 0.266. The standard InChI is InChI=1S/2C4H6O2.2C3H7NO2.C3H8O3/c2*1-3(2)4(5)6;2*1-2-6-3(4)5;4-1-3(6)2-5/h2*1H2,2H3,(H,5,6);2*2H2,1H3,(H2,4,5);3-6H,1-2H2. The molecule has 0 unspecified atom stereocenters. The van der Waals surface area contributed by atoms with Crippen molar-refractivity contribution in [3.8, 4) is 0 Å². The summed E-state index contributed by atoms with van der Waals surface area (Å²) in [4.78, 5) is 38.4. The molecule has 0 heterocycles. The fourth-order valence-electron chi connectivity index (χ4n) is 0.342. The Hall–Kier alpha value is -3.16. The van der Waals surface area contributed by atoms with E-state index in [0.29, 0.717) is 13.2 Å². The van der Waals surface area contributed by atoms with Crippen molar-refractivity contribution >= 4 is 24.1 Å². The number of primary amides is 2. The van der Waals surface area contributed by atoms with Gasteiger partial charge in [-0.3, -0.25) is 0 Å². The number of aliphatic hydroxyl groups is 3. The van der Waals surface area contributed by atoms with E-state index < -0.39 is 30.2 Å². The molecular weight excluding hydrogens is 408 g/mol. The summed E-state index contributed by atoms with van der Waals surface area (Å²) in [5.74, 6) is -1.87. The lowest BCUT2D eigenvalue weighted by Crippen LogP contribution is -2.15. The third-order valence-electron chi connectivity index (χ3n) is 1.72. The molecule has 9 N–H and O–H groups in total. The summed E-state index contributed by atoms with van der Waals surface area (Å²) in [5, 5.41) is 39.8. The number of amides is 2. The molecule has 30 heavy (non-hydrogen) atoms. The Morgan fingerprint density at radius 1 is 0.800 bits per heavy atom. The van der Waals surface area contributed by atoms with Crippen molar-refractivity contribution in [1.82, 2.24) is 0 Å². The Bertz CT molecular complexity index is 440. The van der Waals surface area contributed by atoms with Gasteiger partial charge in [-0.1, -0.05) is 13.2 Å². The molecule has 0 saturated heterocycles. The molecule has 0 bridgehead atoms. The summed E-state index contributed by atoms with van der Waals surface area (Å²) in [6.45, 7) is 12.6. The predicted molar refractivity (Wildman–Crippen MR) is 107 cm³/mol. The van der Waals surface area contributed by atoms with E-state index in [4.69, 9.17) is 25.5 Å². The molecule has 13 heteroatoms. The summed E-state index contributed by atoms with van der Waals surface area (Å²) in [5.41, 5.74) is 9.44. The maximum atomic E-state index is 9.60. The fraction of sp³-hybridized carbons (Fsp3) is 0.529. The fourth-order valence-corrected chi connectivity index (χ4v) is 0.342. The molecule has 2 amide bonds. The van der Waals surface area contributed by atoms with Crippen LogP contribution in [0.4, 0.5) is 9.59 Å². The third-order valence-corrected chi connectivity index (χ3v) is 1.72. The number of nitrogens with two attached hydrogens (primary N) is 2. The normalized spacial score (nSPS) is 8.00. The Labute approximate surface area is 175 Å². The number of rotatable bonds is 6. The van der Waals surface area contributed by atoms with Gasteiger partial charge in [0.05, 0.1) is 26.4 Å². The summed E-state index contributed by atoms with van der Waals surface area (Å²) < 4.78 is 8.36. The van der Waals surface area contributed by atoms with Crippen LogP contribution in [0.25, 0.3) is 0 Å². The molecule has 0 aliphatic rings. The van der Waals surface area contributed by atoms with Gasteiger partial charge in [0.1, 0.15) is 6.10 Å². The van der Waals surface area contributed by atoms with Crippen molar-refractivity contribution in [2.24, 2.45) is 11.5 Å². The first-order valence-corrected chi connectivity index (χ1v) is 8.16. The molecule has 0 aliphatic heterocycles. The van der Waals surface area contributed by atoms with Crippen molar-refractivity contribution in [1.29, 1.82) is 0 Å². The summed E-state index contributed by atoms with van der Waals surface area (Å²) >= 11 is 0. The van der Waals surface area contributed by atoms with Crippen LogP contribution in [-0.4, -0.2) is 82.2 Å². The molecule has 0 fully saturated rings. The number of ether oxygens (including phenoxy) is 2. The Balaban J connectivity index is -0.0000000868. The molecule has 0 aromatic rings. The lowest BCUT2D eigenvalue weighted by atomic mass is 10.4. The zero-order valence-electron chi connectivity index (χ0n) is 17.7. The molecule has 0 radical (unpaired) electrons. The third kappa shape index (κ3) is 64.1. The summed E-state index contributed by atoms with van der Waals surface area (Å²) in [7, 11) is 0. The van der Waals surface area contributed by atoms with Gasteiger partial charge in [-0.05, 0) is 27.7 Å². The number of hydrogen-bond donors (Lipinski definition) is 7. The van der Waals surface area contributed by atoms with E-state index in [1.165, 1.54) is 13.8 Å². The first-order valence-electron chi connectivity index (χ1n) is 8.16. The second-order valence-electron chi connectivity index (χ2n) is 4.69. The van der Waals surface area contributed by atoms with Crippen LogP contribution in [-0.2, 0) is 19.1 Å². The number of carbonyl (C=O) groups excluding carboxylic acids is 2. The molecule has 0 aromatic heterocycles. The maximum absolute atomic E-state index is 9.60. The van der Waals surface area contributed by atoms with Crippen LogP contribution in [0.2, 0.25) is 0 Å². The van der Waals surface area contributed by atoms with Gasteiger partial charge in [0.2, 0.25) is 0 Å². The lowest BCUT2D eigenvalue weighted by molar-refractivity contribution is -0.133. The smallest absolute Gasteiger partial charge is 0.404 e. The van der Waals surface area contributed by atoms with Crippen molar-refractivity contribution in [2.45, 2.75) is 33.8 Å². The highest BCUT2D eigenvalue weighted by Crippen LogP contribution is 1.81. The van der Waals surface area contributed by atoms with Gasteiger partial charge >= 0.3 is 24.1 Å². The number of hydrogen-bond acceptors (Lipinski definition) is 9. The van der Waals surface area contributed by atoms with E-state index >= 15 is 0 Å². The van der Waals surface area contributed by atoms with Crippen molar-refractivity contribution in [3.05, 3.63) is 24.3 Å². The van der Waals surface area contributed by atoms with E-state index in [-0.39, 0.29) is 24.4 Å². The topological polar surface area (TPSA) is 240 Å². The SMILES string of the molecule is C=C(C)C(=O)O.C=C(C)C(=O)O.CCOC(N)=O.CCOC(N)=O.OCC(O)CO. The van der Waals surface area contributed by atoms with Gasteiger partial charge in [0.15, 0.2) is 0 Å². The minimum Gasteiger partial charge on any atom is -0.478 e. The minimum atomic E-state index is -0.954. The zero-order chi connectivity index (χ0) is 25.3. The Morgan fingerprint density at radius 3 is 1.00 bits per heavy atom. The van der Waals surface area contributed by atoms with Crippen LogP contribution in [0.15, 0.2) is 24.3 Å². The summed E-state index contributed by atoms with van der Waals surface area (Å²) in [6.07, 6.45) is -2.38. The number of carbonyl (C=O) groups is 4. The monoisotopic (exact) mass is 442 g/mol. The highest BCUT2D eigenvalue weighted by Gasteiger charge is 1.94. The highest BCUT2D eigenvalue weighted by molar-refractivity contribution is 5.85. The first kappa shape index (κ1) is 37.6. The van der Waals surface area contributed by atoms with E-state index in [1.807, 2.05) is 0 Å². The second kappa shape index (κ2) is 28.1. The van der Waals surface area contributed by atoms with Crippen LogP contribution in [0, 0.1) is 0 Å². The lowest BCUT2D eigenvalue weighted by Gasteiger charge is -1.96. The first-order chi connectivity index (χ1) is 13.6. The van der Waals surface area contributed by atoms with Crippen molar-refractivity contribution < 1.29 is 54.2 Å². The molecule has 0 atom stereocenters. The number of aliphatic hydroxyl groups excluding tert-OH is 3. The van der Waals surface area contributed by atoms with E-state index in [9.17, 15) is 19.2 Å². The van der Waals surface area contributed by atoms with Crippen molar-refractivity contribution in [2.75, 3.05) is 26.4 Å². The molecular formula is C17H34N2O11. The van der Waals surface area contributed by atoms with Gasteiger partial charge < -0.3 is 46.5 Å². The Kier molecular flexibility index (Phi) is 35.1. The predicted octanol–water partition coefficient (Wildman–Crippen LogP) is -0.171. The van der Waals surface area contributed by atoms with Gasteiger partial charge in [0.25, 0.3) is 0 Å². The maximum Gasteiger partial charge on any atom is 0.404 e. The molecule has 0 aromatic carbocycles. The van der Waals surface area contributed by atoms with Crippen LogP contribution in [0.5, 0.6) is 0 Å². The molecule has 0 saturated carbocycles. The summed E-state index contributed by atoms with van der Waals surface area (Å²) in [6, 6.07) is 0.